The van der Waals surface area contributed by atoms with E-state index in [1.54, 1.807) is 0 Å². The average Bonchev–Trinajstić information content (AvgIpc) is 2.83. The number of fused-ring (bicyclic) bond motifs is 1. The highest BCUT2D eigenvalue weighted by atomic mass is 32.2. The van der Waals surface area contributed by atoms with E-state index in [0.29, 0.717) is 12.2 Å². The standard InChI is InChI=1S/C13H21N3O3S/c17-9-10-4-5-16-12(7-10)14-15-13(16)8-11-3-1-2-6-20(11,18)19/h10-11,17H,1-9H2. The van der Waals surface area contributed by atoms with Crippen molar-refractivity contribution in [1.29, 1.82) is 0 Å². The third-order valence-corrected chi connectivity index (χ3v) is 6.79. The van der Waals surface area contributed by atoms with Gasteiger partial charge in [-0.2, -0.15) is 0 Å². The lowest BCUT2D eigenvalue weighted by atomic mass is 9.99. The van der Waals surface area contributed by atoms with E-state index in [-0.39, 0.29) is 17.8 Å². The lowest BCUT2D eigenvalue weighted by molar-refractivity contribution is 0.198. The Bertz CT molecular complexity index is 582. The molecule has 0 aromatic carbocycles. The number of hydrogen-bond acceptors (Lipinski definition) is 5. The monoisotopic (exact) mass is 299 g/mol. The van der Waals surface area contributed by atoms with Gasteiger partial charge in [-0.3, -0.25) is 0 Å². The van der Waals surface area contributed by atoms with E-state index in [1.807, 2.05) is 0 Å². The molecule has 2 atom stereocenters. The largest absolute Gasteiger partial charge is 0.396 e. The van der Waals surface area contributed by atoms with Gasteiger partial charge in [0.2, 0.25) is 0 Å². The van der Waals surface area contributed by atoms with Crippen LogP contribution in [0.5, 0.6) is 0 Å². The first-order chi connectivity index (χ1) is 9.60. The molecule has 2 aliphatic heterocycles. The summed E-state index contributed by atoms with van der Waals surface area (Å²) in [6.07, 6.45) is 4.64. The lowest BCUT2D eigenvalue weighted by Gasteiger charge is -2.24. The van der Waals surface area contributed by atoms with Crippen molar-refractivity contribution in [2.75, 3.05) is 12.4 Å². The van der Waals surface area contributed by atoms with Crippen LogP contribution in [0.4, 0.5) is 0 Å². The molecule has 6 nitrogen and oxygen atoms in total. The second kappa shape index (κ2) is 5.44. The molecule has 3 heterocycles. The summed E-state index contributed by atoms with van der Waals surface area (Å²) in [7, 11) is -2.96. The van der Waals surface area contributed by atoms with Crippen LogP contribution in [0.1, 0.15) is 37.3 Å². The first kappa shape index (κ1) is 14.0. The Labute approximate surface area is 119 Å². The Morgan fingerprint density at radius 2 is 2.10 bits per heavy atom. The van der Waals surface area contributed by atoms with Crippen molar-refractivity contribution in [3.05, 3.63) is 11.6 Å². The highest BCUT2D eigenvalue weighted by molar-refractivity contribution is 7.92. The number of aliphatic hydroxyl groups is 1. The molecule has 0 bridgehead atoms. The molecule has 3 rings (SSSR count). The molecule has 0 spiro atoms. The van der Waals surface area contributed by atoms with Crippen LogP contribution in [-0.4, -0.2) is 45.9 Å². The van der Waals surface area contributed by atoms with Crippen LogP contribution in [0.3, 0.4) is 0 Å². The van der Waals surface area contributed by atoms with Crippen LogP contribution in [0.25, 0.3) is 0 Å². The maximum Gasteiger partial charge on any atom is 0.153 e. The van der Waals surface area contributed by atoms with E-state index in [0.717, 1.165) is 50.3 Å². The fourth-order valence-electron chi connectivity index (χ4n) is 3.21. The van der Waals surface area contributed by atoms with Gasteiger partial charge in [-0.15, -0.1) is 10.2 Å². The summed E-state index contributed by atoms with van der Waals surface area (Å²) in [6.45, 7) is 0.967. The predicted octanol–water partition coefficient (Wildman–Crippen LogP) is 0.343. The quantitative estimate of drug-likeness (QED) is 0.870. The SMILES string of the molecule is O=S1(=O)CCCCC1Cc1nnc2n1CCC(CO)C2. The molecule has 1 aromatic rings. The minimum Gasteiger partial charge on any atom is -0.396 e. The molecule has 112 valence electrons. The topological polar surface area (TPSA) is 85.1 Å². The molecule has 1 aromatic heterocycles. The van der Waals surface area contributed by atoms with E-state index in [4.69, 9.17) is 0 Å². The van der Waals surface area contributed by atoms with Gasteiger partial charge in [0.25, 0.3) is 0 Å². The Kier molecular flexibility index (Phi) is 3.81. The Hall–Kier alpha value is -0.950. The third kappa shape index (κ3) is 2.61. The van der Waals surface area contributed by atoms with Gasteiger partial charge in [-0.1, -0.05) is 6.42 Å². The highest BCUT2D eigenvalue weighted by Gasteiger charge is 2.31. The fraction of sp³-hybridized carbons (Fsp3) is 0.846. The molecule has 7 heteroatoms. The van der Waals surface area contributed by atoms with Gasteiger partial charge in [-0.05, 0) is 25.2 Å². The summed E-state index contributed by atoms with van der Waals surface area (Å²) < 4.78 is 26.2. The molecule has 2 unspecified atom stereocenters. The van der Waals surface area contributed by atoms with E-state index in [9.17, 15) is 13.5 Å². The smallest absolute Gasteiger partial charge is 0.153 e. The normalized spacial score (nSPS) is 29.1. The highest BCUT2D eigenvalue weighted by Crippen LogP contribution is 2.25. The zero-order valence-corrected chi connectivity index (χ0v) is 12.3. The van der Waals surface area contributed by atoms with Crippen molar-refractivity contribution in [3.63, 3.8) is 0 Å². The van der Waals surface area contributed by atoms with Gasteiger partial charge < -0.3 is 9.67 Å². The Morgan fingerprint density at radius 1 is 1.25 bits per heavy atom. The minimum atomic E-state index is -2.96. The van der Waals surface area contributed by atoms with Gasteiger partial charge in [0.05, 0.1) is 11.0 Å². The molecule has 2 aliphatic rings. The van der Waals surface area contributed by atoms with Crippen molar-refractivity contribution < 1.29 is 13.5 Å². The summed E-state index contributed by atoms with van der Waals surface area (Å²) in [5.41, 5.74) is 0. The summed E-state index contributed by atoms with van der Waals surface area (Å²) in [5.74, 6) is 2.26. The zero-order chi connectivity index (χ0) is 14.2. The van der Waals surface area contributed by atoms with Crippen molar-refractivity contribution >= 4 is 9.84 Å². The van der Waals surface area contributed by atoms with Crippen molar-refractivity contribution in [1.82, 2.24) is 14.8 Å². The first-order valence-electron chi connectivity index (χ1n) is 7.33. The molecular formula is C13H21N3O3S. The van der Waals surface area contributed by atoms with Crippen LogP contribution in [-0.2, 0) is 29.2 Å². The predicted molar refractivity (Wildman–Crippen MR) is 74.0 cm³/mol. The van der Waals surface area contributed by atoms with Crippen molar-refractivity contribution in [2.24, 2.45) is 5.92 Å². The van der Waals surface area contributed by atoms with Gasteiger partial charge >= 0.3 is 0 Å². The van der Waals surface area contributed by atoms with E-state index >= 15 is 0 Å². The van der Waals surface area contributed by atoms with Gasteiger partial charge in [0.15, 0.2) is 9.84 Å². The van der Waals surface area contributed by atoms with Gasteiger partial charge in [-0.25, -0.2) is 8.42 Å². The molecule has 1 fully saturated rings. The molecule has 0 radical (unpaired) electrons. The lowest BCUT2D eigenvalue weighted by Crippen LogP contribution is -2.32. The van der Waals surface area contributed by atoms with E-state index in [1.165, 1.54) is 0 Å². The second-order valence-electron chi connectivity index (χ2n) is 5.91. The molecule has 0 amide bonds. The third-order valence-electron chi connectivity index (χ3n) is 4.52. The van der Waals surface area contributed by atoms with Crippen LogP contribution < -0.4 is 0 Å². The summed E-state index contributed by atoms with van der Waals surface area (Å²) in [6, 6.07) is 0. The van der Waals surface area contributed by atoms with Crippen LogP contribution in [0, 0.1) is 5.92 Å². The summed E-state index contributed by atoms with van der Waals surface area (Å²) >= 11 is 0. The van der Waals surface area contributed by atoms with Crippen molar-refractivity contribution in [3.8, 4) is 0 Å². The Morgan fingerprint density at radius 3 is 2.85 bits per heavy atom. The molecule has 0 aliphatic carbocycles. The summed E-state index contributed by atoms with van der Waals surface area (Å²) in [5, 5.41) is 17.3. The number of aliphatic hydroxyl groups excluding tert-OH is 1. The van der Waals surface area contributed by atoms with Crippen LogP contribution in [0.15, 0.2) is 0 Å². The molecule has 20 heavy (non-hydrogen) atoms. The Balaban J connectivity index is 1.78. The zero-order valence-electron chi connectivity index (χ0n) is 11.5. The van der Waals surface area contributed by atoms with E-state index < -0.39 is 9.84 Å². The number of aromatic nitrogens is 3. The number of hydrogen-bond donors (Lipinski definition) is 1. The molecule has 0 saturated carbocycles. The maximum absolute atomic E-state index is 12.1. The van der Waals surface area contributed by atoms with Gasteiger partial charge in [0, 0.05) is 26.0 Å². The maximum atomic E-state index is 12.1. The number of sulfone groups is 1. The van der Waals surface area contributed by atoms with Gasteiger partial charge in [0.1, 0.15) is 11.6 Å². The van der Waals surface area contributed by atoms with Crippen LogP contribution >= 0.6 is 0 Å². The molecule has 1 N–H and O–H groups in total. The minimum absolute atomic E-state index is 0.180. The first-order valence-corrected chi connectivity index (χ1v) is 9.05. The number of nitrogens with zero attached hydrogens (tertiary/aromatic N) is 3. The van der Waals surface area contributed by atoms with Crippen LogP contribution in [0.2, 0.25) is 0 Å². The summed E-state index contributed by atoms with van der Waals surface area (Å²) in [4.78, 5) is 0. The molecule has 1 saturated heterocycles. The second-order valence-corrected chi connectivity index (χ2v) is 8.32. The van der Waals surface area contributed by atoms with E-state index in [2.05, 4.69) is 14.8 Å². The van der Waals surface area contributed by atoms with Crippen molar-refractivity contribution in [2.45, 2.75) is 50.3 Å². The fourth-order valence-corrected chi connectivity index (χ4v) is 5.08. The number of rotatable bonds is 3. The molecular weight excluding hydrogens is 278 g/mol. The average molecular weight is 299 g/mol.